The molecule has 0 radical (unpaired) electrons. The first-order chi connectivity index (χ1) is 15.3. The molecule has 8 heteroatoms. The lowest BCUT2D eigenvalue weighted by Crippen LogP contribution is -2.40. The van der Waals surface area contributed by atoms with Gasteiger partial charge in [-0.1, -0.05) is 12.1 Å². The molecule has 0 atom stereocenters. The Balaban J connectivity index is 1.37. The summed E-state index contributed by atoms with van der Waals surface area (Å²) in [7, 11) is 0. The molecule has 1 amide bonds. The number of rotatable bonds is 4. The summed E-state index contributed by atoms with van der Waals surface area (Å²) in [5.41, 5.74) is 1.60. The summed E-state index contributed by atoms with van der Waals surface area (Å²) in [4.78, 5) is 16.0. The zero-order valence-corrected chi connectivity index (χ0v) is 17.5. The smallest absolute Gasteiger partial charge is 0.382 e. The fourth-order valence-electron chi connectivity index (χ4n) is 4.39. The van der Waals surface area contributed by atoms with Crippen LogP contribution < -0.4 is 10.6 Å². The van der Waals surface area contributed by atoms with Gasteiger partial charge in [-0.3, -0.25) is 4.79 Å². The van der Waals surface area contributed by atoms with Crippen LogP contribution in [0.3, 0.4) is 0 Å². The van der Waals surface area contributed by atoms with Gasteiger partial charge in [0.05, 0.1) is 22.8 Å². The zero-order chi connectivity index (χ0) is 22.9. The number of hydrogen-bond acceptors (Lipinski definition) is 3. The second kappa shape index (κ2) is 8.58. The van der Waals surface area contributed by atoms with Gasteiger partial charge >= 0.3 is 6.18 Å². The standard InChI is InChI=1S/C24H23F3N4O/c1-14-3-2-4-21-22(14)19(13-29-21)23(32)31-17-9-7-16(8-10-17)30-18-6-5-15(12-28)20(11-18)24(25,26)27/h2-6,11,13,16-17,29-30H,7-10H2,1H3,(H,31,32)/t16-,17+. The maximum absolute atomic E-state index is 13.2. The molecule has 0 aliphatic heterocycles. The third kappa shape index (κ3) is 4.42. The molecule has 0 spiro atoms. The number of aromatic nitrogens is 1. The number of aryl methyl sites for hydroxylation is 1. The minimum Gasteiger partial charge on any atom is -0.382 e. The number of H-pyrrole nitrogens is 1. The second-order valence-corrected chi connectivity index (χ2v) is 8.24. The minimum absolute atomic E-state index is 0.00695. The van der Waals surface area contributed by atoms with Crippen molar-refractivity contribution in [3.05, 3.63) is 64.8 Å². The highest BCUT2D eigenvalue weighted by Crippen LogP contribution is 2.34. The van der Waals surface area contributed by atoms with Crippen LogP contribution in [-0.2, 0) is 6.18 Å². The second-order valence-electron chi connectivity index (χ2n) is 8.24. The van der Waals surface area contributed by atoms with Crippen molar-refractivity contribution in [3.8, 4) is 6.07 Å². The molecule has 1 aromatic heterocycles. The van der Waals surface area contributed by atoms with E-state index in [0.29, 0.717) is 11.3 Å². The van der Waals surface area contributed by atoms with E-state index < -0.39 is 11.7 Å². The topological polar surface area (TPSA) is 80.7 Å². The van der Waals surface area contributed by atoms with Gasteiger partial charge in [-0.25, -0.2) is 0 Å². The predicted octanol–water partition coefficient (Wildman–Crippen LogP) is 5.52. The van der Waals surface area contributed by atoms with Crippen molar-refractivity contribution in [3.63, 3.8) is 0 Å². The van der Waals surface area contributed by atoms with Crippen LogP contribution in [-0.4, -0.2) is 23.0 Å². The number of benzene rings is 2. The SMILES string of the molecule is Cc1cccc2[nH]cc(C(=O)N[C@H]3CC[C@@H](Nc4ccc(C#N)c(C(F)(F)F)c4)CC3)c12. The average molecular weight is 440 g/mol. The van der Waals surface area contributed by atoms with E-state index in [1.807, 2.05) is 25.1 Å². The fraction of sp³-hybridized carbons (Fsp3) is 0.333. The van der Waals surface area contributed by atoms with Crippen molar-refractivity contribution in [2.24, 2.45) is 0 Å². The summed E-state index contributed by atoms with van der Waals surface area (Å²) in [6.07, 6.45) is 0.0491. The van der Waals surface area contributed by atoms with Crippen LogP contribution in [0.4, 0.5) is 18.9 Å². The number of nitrogens with one attached hydrogen (secondary N) is 3. The van der Waals surface area contributed by atoms with Crippen LogP contribution >= 0.6 is 0 Å². The van der Waals surface area contributed by atoms with E-state index in [1.165, 1.54) is 12.1 Å². The number of anilines is 1. The van der Waals surface area contributed by atoms with E-state index in [2.05, 4.69) is 15.6 Å². The van der Waals surface area contributed by atoms with Gasteiger partial charge in [-0.15, -0.1) is 0 Å². The van der Waals surface area contributed by atoms with E-state index in [0.717, 1.165) is 48.2 Å². The molecule has 1 fully saturated rings. The van der Waals surface area contributed by atoms with Gasteiger partial charge in [0.15, 0.2) is 0 Å². The lowest BCUT2D eigenvalue weighted by molar-refractivity contribution is -0.137. The number of aromatic amines is 1. The Bertz CT molecular complexity index is 1180. The molecule has 4 rings (SSSR count). The number of amides is 1. The van der Waals surface area contributed by atoms with Crippen LogP contribution in [0.2, 0.25) is 0 Å². The fourth-order valence-corrected chi connectivity index (χ4v) is 4.39. The summed E-state index contributed by atoms with van der Waals surface area (Å²) < 4.78 is 39.6. The monoisotopic (exact) mass is 440 g/mol. The Morgan fingerprint density at radius 1 is 1.12 bits per heavy atom. The quantitative estimate of drug-likeness (QED) is 0.500. The Hall–Kier alpha value is -3.47. The number of nitriles is 1. The zero-order valence-electron chi connectivity index (χ0n) is 17.5. The molecule has 1 heterocycles. The number of carbonyl (C=O) groups is 1. The summed E-state index contributed by atoms with van der Waals surface area (Å²) in [5, 5.41) is 16.1. The van der Waals surface area contributed by atoms with E-state index in [9.17, 15) is 18.0 Å². The van der Waals surface area contributed by atoms with Crippen LogP contribution in [0.25, 0.3) is 10.9 Å². The van der Waals surface area contributed by atoms with E-state index in [-0.39, 0.29) is 23.6 Å². The van der Waals surface area contributed by atoms with Crippen molar-refractivity contribution in [1.29, 1.82) is 5.26 Å². The number of alkyl halides is 3. The average Bonchev–Trinajstić information content (AvgIpc) is 3.20. The maximum Gasteiger partial charge on any atom is 0.417 e. The number of carbonyl (C=O) groups excluding carboxylic acids is 1. The Kier molecular flexibility index (Phi) is 5.83. The molecule has 3 aromatic rings. The van der Waals surface area contributed by atoms with E-state index >= 15 is 0 Å². The first kappa shape index (κ1) is 21.8. The van der Waals surface area contributed by atoms with E-state index in [1.54, 1.807) is 12.3 Å². The predicted molar refractivity (Wildman–Crippen MR) is 116 cm³/mol. The molecule has 5 nitrogen and oxygen atoms in total. The molecular weight excluding hydrogens is 417 g/mol. The maximum atomic E-state index is 13.2. The van der Waals surface area contributed by atoms with Gasteiger partial charge in [-0.05, 0) is 62.4 Å². The van der Waals surface area contributed by atoms with Gasteiger partial charge in [0, 0.05) is 34.9 Å². The van der Waals surface area contributed by atoms with Crippen molar-refractivity contribution in [2.45, 2.75) is 50.9 Å². The molecule has 0 saturated heterocycles. The lowest BCUT2D eigenvalue weighted by atomic mass is 9.90. The number of hydrogen-bond donors (Lipinski definition) is 3. The molecule has 166 valence electrons. The molecular formula is C24H23F3N4O. The summed E-state index contributed by atoms with van der Waals surface area (Å²) >= 11 is 0. The largest absolute Gasteiger partial charge is 0.417 e. The highest BCUT2D eigenvalue weighted by atomic mass is 19.4. The van der Waals surface area contributed by atoms with Gasteiger partial charge in [0.25, 0.3) is 5.91 Å². The summed E-state index contributed by atoms with van der Waals surface area (Å²) in [5.74, 6) is -0.121. The Labute approximate surface area is 183 Å². The van der Waals surface area contributed by atoms with Crippen molar-refractivity contribution in [2.75, 3.05) is 5.32 Å². The number of halogens is 3. The van der Waals surface area contributed by atoms with Crippen LogP contribution in [0.5, 0.6) is 0 Å². The van der Waals surface area contributed by atoms with Crippen molar-refractivity contribution in [1.82, 2.24) is 10.3 Å². The molecule has 1 saturated carbocycles. The molecule has 0 unspecified atom stereocenters. The molecule has 3 N–H and O–H groups in total. The normalized spacial score (nSPS) is 18.8. The number of fused-ring (bicyclic) bond motifs is 1. The highest BCUT2D eigenvalue weighted by Gasteiger charge is 2.34. The van der Waals surface area contributed by atoms with Crippen LogP contribution in [0.15, 0.2) is 42.6 Å². The number of nitrogens with zero attached hydrogens (tertiary/aromatic N) is 1. The Morgan fingerprint density at radius 3 is 2.53 bits per heavy atom. The Morgan fingerprint density at radius 2 is 1.84 bits per heavy atom. The summed E-state index contributed by atoms with van der Waals surface area (Å²) in [6.45, 7) is 1.97. The van der Waals surface area contributed by atoms with Gasteiger partial charge < -0.3 is 15.6 Å². The van der Waals surface area contributed by atoms with Crippen LogP contribution in [0, 0.1) is 18.3 Å². The van der Waals surface area contributed by atoms with Crippen molar-refractivity contribution < 1.29 is 18.0 Å². The minimum atomic E-state index is -4.58. The van der Waals surface area contributed by atoms with Crippen molar-refractivity contribution >= 4 is 22.5 Å². The molecule has 0 bridgehead atoms. The third-order valence-electron chi connectivity index (χ3n) is 6.04. The van der Waals surface area contributed by atoms with Gasteiger partial charge in [0.1, 0.15) is 0 Å². The molecule has 1 aliphatic rings. The van der Waals surface area contributed by atoms with Gasteiger partial charge in [-0.2, -0.15) is 18.4 Å². The first-order valence-corrected chi connectivity index (χ1v) is 10.5. The molecule has 2 aromatic carbocycles. The first-order valence-electron chi connectivity index (χ1n) is 10.5. The van der Waals surface area contributed by atoms with Crippen LogP contribution in [0.1, 0.15) is 52.7 Å². The lowest BCUT2D eigenvalue weighted by Gasteiger charge is -2.30. The molecule has 1 aliphatic carbocycles. The highest BCUT2D eigenvalue weighted by molar-refractivity contribution is 6.07. The van der Waals surface area contributed by atoms with E-state index in [4.69, 9.17) is 5.26 Å². The third-order valence-corrected chi connectivity index (χ3v) is 6.04. The summed E-state index contributed by atoms with van der Waals surface area (Å²) in [6, 6.07) is 11.1. The van der Waals surface area contributed by atoms with Gasteiger partial charge in [0.2, 0.25) is 0 Å². The molecule has 32 heavy (non-hydrogen) atoms.